The number of ether oxygens (including phenoxy) is 1. The van der Waals surface area contributed by atoms with E-state index in [0.717, 1.165) is 15.8 Å². The molecule has 0 aliphatic carbocycles. The third kappa shape index (κ3) is 4.91. The first kappa shape index (κ1) is 23.7. The van der Waals surface area contributed by atoms with Crippen LogP contribution in [0.3, 0.4) is 0 Å². The van der Waals surface area contributed by atoms with Gasteiger partial charge in [0.15, 0.2) is 5.75 Å². The molecule has 0 N–H and O–H groups in total. The topological polar surface area (TPSA) is 61.2 Å². The Labute approximate surface area is 191 Å². The van der Waals surface area contributed by atoms with Gasteiger partial charge in [0.05, 0.1) is 11.5 Å². The largest absolute Gasteiger partial charge is 0.423 e. The van der Waals surface area contributed by atoms with E-state index < -0.39 is 23.3 Å². The van der Waals surface area contributed by atoms with E-state index in [1.54, 1.807) is 20.8 Å². The maximum atomic E-state index is 15.2. The van der Waals surface area contributed by atoms with Crippen molar-refractivity contribution in [1.29, 1.82) is 0 Å². The number of rotatable bonds is 6. The number of aryl methyl sites for hydroxylation is 4. The summed E-state index contributed by atoms with van der Waals surface area (Å²) in [5, 5.41) is 4.47. The number of aromatic nitrogens is 2. The van der Waals surface area contributed by atoms with Gasteiger partial charge in [0.2, 0.25) is 0 Å². The minimum Gasteiger partial charge on any atom is -0.423 e. The van der Waals surface area contributed by atoms with Crippen molar-refractivity contribution in [2.24, 2.45) is 13.0 Å². The van der Waals surface area contributed by atoms with Gasteiger partial charge in [-0.15, -0.1) is 0 Å². The summed E-state index contributed by atoms with van der Waals surface area (Å²) in [5.41, 5.74) is 2.42. The first-order valence-corrected chi connectivity index (χ1v) is 10.8. The maximum Gasteiger partial charge on any atom is 0.313 e. The molecule has 0 fully saturated rings. The van der Waals surface area contributed by atoms with Crippen LogP contribution < -0.4 is 10.3 Å². The third-order valence-electron chi connectivity index (χ3n) is 5.28. The number of hydrogen-bond acceptors (Lipinski definition) is 4. The van der Waals surface area contributed by atoms with Crippen molar-refractivity contribution in [2.75, 3.05) is 0 Å². The van der Waals surface area contributed by atoms with Crippen molar-refractivity contribution in [3.8, 4) is 16.9 Å². The number of carbonyl (C=O) groups excluding carboxylic acids is 1. The molecule has 0 aliphatic rings. The molecule has 0 amide bonds. The number of esters is 1. The Morgan fingerprint density at radius 1 is 1.09 bits per heavy atom. The van der Waals surface area contributed by atoms with Crippen LogP contribution in [-0.4, -0.2) is 15.7 Å². The molecule has 5 nitrogen and oxygen atoms in total. The van der Waals surface area contributed by atoms with Crippen LogP contribution >= 0.6 is 11.6 Å². The number of carbonyl (C=O) groups is 1. The number of nitrogens with zero attached hydrogens (tertiary/aromatic N) is 2. The Balaban J connectivity index is 2.19. The number of hydrogen-bond donors (Lipinski definition) is 0. The van der Waals surface area contributed by atoms with Crippen molar-refractivity contribution in [3.05, 3.63) is 80.0 Å². The molecule has 0 unspecified atom stereocenters. The monoisotopic (exact) mass is 456 g/mol. The fourth-order valence-electron chi connectivity index (χ4n) is 3.45. The summed E-state index contributed by atoms with van der Waals surface area (Å²) < 4.78 is 21.9. The van der Waals surface area contributed by atoms with E-state index in [2.05, 4.69) is 5.10 Å². The van der Waals surface area contributed by atoms with E-state index in [4.69, 9.17) is 16.3 Å². The zero-order chi connectivity index (χ0) is 23.6. The molecule has 0 aliphatic heterocycles. The molecule has 0 spiro atoms. The molecule has 0 saturated heterocycles. The summed E-state index contributed by atoms with van der Waals surface area (Å²) in [6, 6.07) is 10.7. The van der Waals surface area contributed by atoms with Gasteiger partial charge in [-0.1, -0.05) is 55.3 Å². The van der Waals surface area contributed by atoms with Crippen LogP contribution in [0, 0.1) is 25.6 Å². The van der Waals surface area contributed by atoms with Crippen molar-refractivity contribution in [3.63, 3.8) is 0 Å². The lowest BCUT2D eigenvalue weighted by atomic mass is 9.94. The summed E-state index contributed by atoms with van der Waals surface area (Å²) >= 11 is 6.48. The molecule has 0 radical (unpaired) electrons. The zero-order valence-electron chi connectivity index (χ0n) is 18.8. The average Bonchev–Trinajstić information content (AvgIpc) is 2.74. The molecule has 1 heterocycles. The minimum atomic E-state index is -0.613. The molecule has 32 heavy (non-hydrogen) atoms. The second kappa shape index (κ2) is 9.65. The third-order valence-corrected chi connectivity index (χ3v) is 5.63. The molecular formula is C25H26ClFN2O3. The molecule has 3 rings (SSSR count). The Hall–Kier alpha value is -2.99. The summed E-state index contributed by atoms with van der Waals surface area (Å²) in [4.78, 5) is 25.5. The predicted molar refractivity (Wildman–Crippen MR) is 124 cm³/mol. The van der Waals surface area contributed by atoms with Gasteiger partial charge in [-0.25, -0.2) is 9.07 Å². The van der Waals surface area contributed by atoms with Crippen LogP contribution in [0.5, 0.6) is 5.75 Å². The molecule has 0 bridgehead atoms. The van der Waals surface area contributed by atoms with E-state index in [0.29, 0.717) is 29.1 Å². The zero-order valence-corrected chi connectivity index (χ0v) is 19.6. The Kier molecular flexibility index (Phi) is 7.14. The highest BCUT2D eigenvalue weighted by atomic mass is 35.5. The van der Waals surface area contributed by atoms with Crippen LogP contribution in [0.4, 0.5) is 4.39 Å². The molecule has 3 aromatic rings. The van der Waals surface area contributed by atoms with Gasteiger partial charge in [-0.2, -0.15) is 5.10 Å². The molecule has 0 saturated carbocycles. The van der Waals surface area contributed by atoms with Gasteiger partial charge in [0.25, 0.3) is 5.56 Å². The highest BCUT2D eigenvalue weighted by Crippen LogP contribution is 2.37. The lowest BCUT2D eigenvalue weighted by Crippen LogP contribution is -2.26. The minimum absolute atomic E-state index is 0.0375. The van der Waals surface area contributed by atoms with Gasteiger partial charge in [0.1, 0.15) is 11.5 Å². The van der Waals surface area contributed by atoms with Crippen LogP contribution in [-0.2, 0) is 24.7 Å². The van der Waals surface area contributed by atoms with Gasteiger partial charge in [0, 0.05) is 17.6 Å². The Morgan fingerprint density at radius 2 is 1.75 bits per heavy atom. The standard InChI is InChI=1S/C25H26ClFN2O3/c1-14(2)25(31)32-23-16(4)28-29(5)24(30)22(23)21-18(19(26)12-13-20(21)27)11-10-17-8-6-15(3)7-9-17/h6-9,12-14H,10-11H2,1-5H3. The van der Waals surface area contributed by atoms with Crippen LogP contribution in [0.2, 0.25) is 5.02 Å². The van der Waals surface area contributed by atoms with E-state index in [1.165, 1.54) is 19.2 Å². The van der Waals surface area contributed by atoms with E-state index >= 15 is 4.39 Å². The van der Waals surface area contributed by atoms with Crippen molar-refractivity contribution >= 4 is 17.6 Å². The second-order valence-electron chi connectivity index (χ2n) is 8.16. The number of benzene rings is 2. The SMILES string of the molecule is Cc1ccc(CCc2c(Cl)ccc(F)c2-c2c(OC(=O)C(C)C)c(C)nn(C)c2=O)cc1. The predicted octanol–water partition coefficient (Wildman–Crippen LogP) is 5.20. The first-order valence-electron chi connectivity index (χ1n) is 10.4. The van der Waals surface area contributed by atoms with Crippen molar-refractivity contribution < 1.29 is 13.9 Å². The molecule has 168 valence electrons. The van der Waals surface area contributed by atoms with Crippen LogP contribution in [0.25, 0.3) is 11.1 Å². The van der Waals surface area contributed by atoms with Crippen LogP contribution in [0.1, 0.15) is 36.2 Å². The molecule has 1 aromatic heterocycles. The lowest BCUT2D eigenvalue weighted by Gasteiger charge is -2.18. The number of halogens is 2. The molecule has 2 aromatic carbocycles. The summed E-state index contributed by atoms with van der Waals surface area (Å²) in [7, 11) is 1.47. The molecule has 7 heteroatoms. The van der Waals surface area contributed by atoms with Gasteiger partial charge in [-0.3, -0.25) is 9.59 Å². The average molecular weight is 457 g/mol. The van der Waals surface area contributed by atoms with E-state index in [9.17, 15) is 9.59 Å². The highest BCUT2D eigenvalue weighted by Gasteiger charge is 2.26. The fourth-order valence-corrected chi connectivity index (χ4v) is 3.70. The fraction of sp³-hybridized carbons (Fsp3) is 0.320. The second-order valence-corrected chi connectivity index (χ2v) is 8.57. The molecule has 0 atom stereocenters. The summed E-state index contributed by atoms with van der Waals surface area (Å²) in [6.07, 6.45) is 0.999. The smallest absolute Gasteiger partial charge is 0.313 e. The van der Waals surface area contributed by atoms with Gasteiger partial charge >= 0.3 is 5.97 Å². The van der Waals surface area contributed by atoms with E-state index in [-0.39, 0.29) is 16.9 Å². The van der Waals surface area contributed by atoms with Crippen molar-refractivity contribution in [1.82, 2.24) is 9.78 Å². The van der Waals surface area contributed by atoms with Crippen molar-refractivity contribution in [2.45, 2.75) is 40.5 Å². The Bertz CT molecular complexity index is 1220. The maximum absolute atomic E-state index is 15.2. The molecular weight excluding hydrogens is 431 g/mol. The van der Waals surface area contributed by atoms with Gasteiger partial charge < -0.3 is 4.74 Å². The van der Waals surface area contributed by atoms with Crippen LogP contribution in [0.15, 0.2) is 41.2 Å². The Morgan fingerprint density at radius 3 is 2.38 bits per heavy atom. The highest BCUT2D eigenvalue weighted by molar-refractivity contribution is 6.31. The quantitative estimate of drug-likeness (QED) is 0.478. The van der Waals surface area contributed by atoms with Gasteiger partial charge in [-0.05, 0) is 49.9 Å². The summed E-state index contributed by atoms with van der Waals surface area (Å²) in [5.74, 6) is -1.62. The van der Waals surface area contributed by atoms with E-state index in [1.807, 2.05) is 31.2 Å². The normalized spacial score (nSPS) is 11.1. The first-order chi connectivity index (χ1) is 15.1. The summed E-state index contributed by atoms with van der Waals surface area (Å²) in [6.45, 7) is 6.98. The lowest BCUT2D eigenvalue weighted by molar-refractivity contribution is -0.137.